The van der Waals surface area contributed by atoms with Gasteiger partial charge < -0.3 is 5.32 Å². The van der Waals surface area contributed by atoms with E-state index in [0.29, 0.717) is 22.5 Å². The van der Waals surface area contributed by atoms with Crippen LogP contribution in [-0.4, -0.2) is 33.4 Å². The van der Waals surface area contributed by atoms with Crippen molar-refractivity contribution in [1.29, 1.82) is 0 Å². The molecule has 94 valence electrons. The van der Waals surface area contributed by atoms with Crippen molar-refractivity contribution in [3.8, 4) is 0 Å². The summed E-state index contributed by atoms with van der Waals surface area (Å²) in [4.78, 5) is 27.8. The Morgan fingerprint density at radius 3 is 3.22 bits per heavy atom. The predicted octanol–water partition coefficient (Wildman–Crippen LogP) is 1.58. The fourth-order valence-electron chi connectivity index (χ4n) is 1.63. The minimum absolute atomic E-state index is 0.00991. The van der Waals surface area contributed by atoms with Gasteiger partial charge in [-0.05, 0) is 12.8 Å². The van der Waals surface area contributed by atoms with Crippen molar-refractivity contribution in [3.63, 3.8) is 0 Å². The third-order valence-corrected chi connectivity index (χ3v) is 4.40. The van der Waals surface area contributed by atoms with Crippen molar-refractivity contribution in [1.82, 2.24) is 14.7 Å². The van der Waals surface area contributed by atoms with Gasteiger partial charge in [0, 0.05) is 17.6 Å². The summed E-state index contributed by atoms with van der Waals surface area (Å²) in [5, 5.41) is 5.42. The molecule has 18 heavy (non-hydrogen) atoms. The van der Waals surface area contributed by atoms with Gasteiger partial charge in [-0.2, -0.15) is 0 Å². The zero-order chi connectivity index (χ0) is 12.5. The third kappa shape index (κ3) is 2.28. The Labute approximate surface area is 112 Å². The van der Waals surface area contributed by atoms with Crippen LogP contribution >= 0.6 is 23.1 Å². The highest BCUT2D eigenvalue weighted by molar-refractivity contribution is 8.00. The Bertz CT molecular complexity index is 600. The quantitative estimate of drug-likeness (QED) is 0.667. The molecule has 0 saturated heterocycles. The number of fused-ring (bicyclic) bond motifs is 1. The van der Waals surface area contributed by atoms with Crippen molar-refractivity contribution in [2.45, 2.75) is 23.9 Å². The lowest BCUT2D eigenvalue weighted by molar-refractivity contribution is -0.118. The Kier molecular flexibility index (Phi) is 3.09. The van der Waals surface area contributed by atoms with E-state index < -0.39 is 0 Å². The molecule has 1 N–H and O–H groups in total. The van der Waals surface area contributed by atoms with Gasteiger partial charge in [0.2, 0.25) is 5.91 Å². The summed E-state index contributed by atoms with van der Waals surface area (Å²) in [5.74, 6) is 0.318. The summed E-state index contributed by atoms with van der Waals surface area (Å²) in [7, 11) is 0. The average molecular weight is 281 g/mol. The van der Waals surface area contributed by atoms with E-state index in [2.05, 4.69) is 10.3 Å². The zero-order valence-corrected chi connectivity index (χ0v) is 11.1. The number of nitrogens with zero attached hydrogens (tertiary/aromatic N) is 2. The number of amides is 1. The predicted molar refractivity (Wildman–Crippen MR) is 70.3 cm³/mol. The maximum atomic E-state index is 11.6. The van der Waals surface area contributed by atoms with Gasteiger partial charge in [-0.25, -0.2) is 4.98 Å². The second-order valence-electron chi connectivity index (χ2n) is 4.11. The number of thioether (sulfide) groups is 1. The van der Waals surface area contributed by atoms with Gasteiger partial charge in [-0.15, -0.1) is 11.3 Å². The van der Waals surface area contributed by atoms with Crippen molar-refractivity contribution in [3.05, 3.63) is 17.3 Å². The molecular weight excluding hydrogens is 270 g/mol. The largest absolute Gasteiger partial charge is 0.353 e. The first-order valence-electron chi connectivity index (χ1n) is 5.61. The van der Waals surface area contributed by atoms with Gasteiger partial charge in [0.05, 0.1) is 5.75 Å². The number of hydrogen-bond acceptors (Lipinski definition) is 5. The summed E-state index contributed by atoms with van der Waals surface area (Å²) < 4.78 is 1.75. The first kappa shape index (κ1) is 11.7. The number of rotatable bonds is 5. The minimum atomic E-state index is 0.00991. The number of aldehydes is 1. The molecule has 3 rings (SSSR count). The summed E-state index contributed by atoms with van der Waals surface area (Å²) >= 11 is 2.78. The lowest BCUT2D eigenvalue weighted by Gasteiger charge is -2.01. The van der Waals surface area contributed by atoms with Gasteiger partial charge in [0.25, 0.3) is 0 Å². The lowest BCUT2D eigenvalue weighted by Crippen LogP contribution is -2.27. The van der Waals surface area contributed by atoms with E-state index in [1.807, 2.05) is 11.6 Å². The summed E-state index contributed by atoms with van der Waals surface area (Å²) in [5.41, 5.74) is 0.524. The smallest absolute Gasteiger partial charge is 0.230 e. The SMILES string of the molecule is O=Cc1c(SCC(=O)NC2CC2)nc2sccn12. The standard InChI is InChI=1S/C11H11N3O2S2/c15-5-8-10(13-11-14(8)3-4-17-11)18-6-9(16)12-7-1-2-7/h3-5,7H,1-2,6H2,(H,12,16). The molecule has 1 aliphatic carbocycles. The number of imidazole rings is 1. The topological polar surface area (TPSA) is 63.5 Å². The van der Waals surface area contributed by atoms with Crippen LogP contribution in [0.5, 0.6) is 0 Å². The van der Waals surface area contributed by atoms with E-state index in [0.717, 1.165) is 24.1 Å². The van der Waals surface area contributed by atoms with Gasteiger partial charge in [0.15, 0.2) is 11.2 Å². The van der Waals surface area contributed by atoms with Crippen molar-refractivity contribution >= 4 is 40.3 Å². The van der Waals surface area contributed by atoms with Crippen LogP contribution in [0, 0.1) is 0 Å². The molecule has 5 nitrogen and oxygen atoms in total. The number of hydrogen-bond donors (Lipinski definition) is 1. The van der Waals surface area contributed by atoms with Crippen molar-refractivity contribution in [2.24, 2.45) is 0 Å². The van der Waals surface area contributed by atoms with E-state index in [4.69, 9.17) is 0 Å². The molecule has 2 aromatic rings. The van der Waals surface area contributed by atoms with Crippen LogP contribution in [0.15, 0.2) is 16.6 Å². The number of nitrogens with one attached hydrogen (secondary N) is 1. The zero-order valence-electron chi connectivity index (χ0n) is 9.46. The highest BCUT2D eigenvalue weighted by Crippen LogP contribution is 2.25. The third-order valence-electron chi connectivity index (χ3n) is 2.66. The highest BCUT2D eigenvalue weighted by Gasteiger charge is 2.23. The van der Waals surface area contributed by atoms with E-state index in [9.17, 15) is 9.59 Å². The number of carbonyl (C=O) groups is 2. The Morgan fingerprint density at radius 1 is 1.67 bits per heavy atom. The van der Waals surface area contributed by atoms with E-state index in [1.54, 1.807) is 4.40 Å². The molecule has 1 saturated carbocycles. The molecule has 0 bridgehead atoms. The highest BCUT2D eigenvalue weighted by atomic mass is 32.2. The molecule has 2 heterocycles. The summed E-state index contributed by atoms with van der Waals surface area (Å²) in [6.45, 7) is 0. The molecule has 2 aromatic heterocycles. The molecule has 0 unspecified atom stereocenters. The Balaban J connectivity index is 1.71. The molecule has 1 aliphatic rings. The fourth-order valence-corrected chi connectivity index (χ4v) is 3.20. The van der Waals surface area contributed by atoms with E-state index in [-0.39, 0.29) is 5.91 Å². The second-order valence-corrected chi connectivity index (χ2v) is 5.94. The monoisotopic (exact) mass is 281 g/mol. The van der Waals surface area contributed by atoms with Crippen LogP contribution in [0.4, 0.5) is 0 Å². The number of thiazole rings is 1. The van der Waals surface area contributed by atoms with Crippen LogP contribution in [0.25, 0.3) is 4.96 Å². The molecule has 0 radical (unpaired) electrons. The number of carbonyl (C=O) groups excluding carboxylic acids is 2. The van der Waals surface area contributed by atoms with Crippen LogP contribution in [0.2, 0.25) is 0 Å². The number of aromatic nitrogens is 2. The molecule has 0 spiro atoms. The van der Waals surface area contributed by atoms with Crippen LogP contribution in [-0.2, 0) is 4.79 Å². The molecular formula is C11H11N3O2S2. The van der Waals surface area contributed by atoms with Crippen molar-refractivity contribution < 1.29 is 9.59 Å². The van der Waals surface area contributed by atoms with Gasteiger partial charge in [-0.3, -0.25) is 14.0 Å². The van der Waals surface area contributed by atoms with E-state index in [1.165, 1.54) is 23.1 Å². The van der Waals surface area contributed by atoms with Crippen LogP contribution in [0.3, 0.4) is 0 Å². The maximum Gasteiger partial charge on any atom is 0.230 e. The first-order valence-corrected chi connectivity index (χ1v) is 7.47. The molecule has 1 amide bonds. The fraction of sp³-hybridized carbons (Fsp3) is 0.364. The lowest BCUT2D eigenvalue weighted by atomic mass is 10.5. The van der Waals surface area contributed by atoms with Gasteiger partial charge >= 0.3 is 0 Å². The van der Waals surface area contributed by atoms with E-state index >= 15 is 0 Å². The van der Waals surface area contributed by atoms with Crippen molar-refractivity contribution in [2.75, 3.05) is 5.75 Å². The Hall–Kier alpha value is -1.34. The van der Waals surface area contributed by atoms with Crippen LogP contribution in [0.1, 0.15) is 23.3 Å². The average Bonchev–Trinajstić information content (AvgIpc) is 2.93. The van der Waals surface area contributed by atoms with Crippen LogP contribution < -0.4 is 5.32 Å². The van der Waals surface area contributed by atoms with Gasteiger partial charge in [-0.1, -0.05) is 11.8 Å². The summed E-state index contributed by atoms with van der Waals surface area (Å²) in [6, 6.07) is 0.370. The first-order chi connectivity index (χ1) is 8.78. The molecule has 7 heteroatoms. The Morgan fingerprint density at radius 2 is 2.50 bits per heavy atom. The molecule has 0 atom stereocenters. The minimum Gasteiger partial charge on any atom is -0.353 e. The molecule has 1 fully saturated rings. The molecule has 0 aromatic carbocycles. The summed E-state index contributed by atoms with van der Waals surface area (Å²) in [6.07, 6.45) is 4.76. The maximum absolute atomic E-state index is 11.6. The second kappa shape index (κ2) is 4.74. The normalized spacial score (nSPS) is 14.9. The molecule has 0 aliphatic heterocycles. The van der Waals surface area contributed by atoms with Gasteiger partial charge in [0.1, 0.15) is 10.7 Å².